The number of methoxy groups -OCH3 is 1. The molecule has 3 nitrogen and oxygen atoms in total. The molecule has 0 unspecified atom stereocenters. The highest BCUT2D eigenvalue weighted by Gasteiger charge is 2.08. The summed E-state index contributed by atoms with van der Waals surface area (Å²) in [7, 11) is 1.55. The van der Waals surface area contributed by atoms with E-state index in [0.717, 1.165) is 11.5 Å². The van der Waals surface area contributed by atoms with Gasteiger partial charge < -0.3 is 10.1 Å². The van der Waals surface area contributed by atoms with Crippen LogP contribution in [0.15, 0.2) is 72.8 Å². The quantitative estimate of drug-likeness (QED) is 0.528. The van der Waals surface area contributed by atoms with Crippen LogP contribution in [0.1, 0.15) is 21.5 Å². The van der Waals surface area contributed by atoms with Gasteiger partial charge in [-0.25, -0.2) is 0 Å². The third kappa shape index (κ3) is 5.52. The van der Waals surface area contributed by atoms with Crippen LogP contribution in [0.5, 0.6) is 5.75 Å². The molecule has 0 aliphatic rings. The van der Waals surface area contributed by atoms with E-state index in [9.17, 15) is 4.79 Å². The molecule has 3 aromatic carbocycles. The number of hydrogen-bond donors (Lipinski definition) is 1. The summed E-state index contributed by atoms with van der Waals surface area (Å²) in [5.41, 5.74) is 3.75. The van der Waals surface area contributed by atoms with Gasteiger partial charge in [0.25, 0.3) is 5.91 Å². The molecule has 27 heavy (non-hydrogen) atoms. The summed E-state index contributed by atoms with van der Waals surface area (Å²) in [6, 6.07) is 23.2. The maximum atomic E-state index is 12.4. The molecule has 0 heterocycles. The third-order valence-electron chi connectivity index (χ3n) is 4.01. The van der Waals surface area contributed by atoms with Crippen molar-refractivity contribution in [2.75, 3.05) is 12.4 Å². The lowest BCUT2D eigenvalue weighted by Crippen LogP contribution is -2.11. The van der Waals surface area contributed by atoms with E-state index in [2.05, 4.69) is 29.6 Å². The Labute approximate surface area is 168 Å². The second-order valence-corrected chi connectivity index (χ2v) is 7.37. The Morgan fingerprint density at radius 2 is 1.63 bits per heavy atom. The van der Waals surface area contributed by atoms with Crippen molar-refractivity contribution in [1.29, 1.82) is 0 Å². The van der Waals surface area contributed by atoms with E-state index in [4.69, 9.17) is 16.3 Å². The van der Waals surface area contributed by atoms with Crippen LogP contribution in [0.3, 0.4) is 0 Å². The second kappa shape index (κ2) is 9.49. The Hall–Kier alpha value is -2.43. The number of carbonyl (C=O) groups excluding carboxylic acids is 1. The lowest BCUT2D eigenvalue weighted by Gasteiger charge is -2.09. The number of rotatable bonds is 7. The zero-order valence-corrected chi connectivity index (χ0v) is 16.5. The van der Waals surface area contributed by atoms with E-state index in [-0.39, 0.29) is 5.91 Å². The van der Waals surface area contributed by atoms with E-state index in [1.165, 1.54) is 11.1 Å². The average Bonchev–Trinajstić information content (AvgIpc) is 2.69. The number of thioether (sulfide) groups is 1. The minimum atomic E-state index is -0.167. The number of ether oxygens (including phenoxy) is 1. The van der Waals surface area contributed by atoms with Crippen LogP contribution in [-0.2, 0) is 11.5 Å². The van der Waals surface area contributed by atoms with Gasteiger partial charge in [0, 0.05) is 22.8 Å². The highest BCUT2D eigenvalue weighted by Crippen LogP contribution is 2.27. The van der Waals surface area contributed by atoms with E-state index in [1.54, 1.807) is 25.3 Å². The van der Waals surface area contributed by atoms with Crippen molar-refractivity contribution in [1.82, 2.24) is 0 Å². The van der Waals surface area contributed by atoms with Crippen LogP contribution < -0.4 is 10.1 Å². The standard InChI is InChI=1S/C22H20ClNO2S/c1-26-21-12-11-19(13-20(21)23)24-22(25)18-9-7-17(8-10-18)15-27-14-16-5-3-2-4-6-16/h2-13H,14-15H2,1H3,(H,24,25). The molecular formula is C22H20ClNO2S. The fourth-order valence-corrected chi connectivity index (χ4v) is 3.78. The van der Waals surface area contributed by atoms with Crippen molar-refractivity contribution in [2.45, 2.75) is 11.5 Å². The average molecular weight is 398 g/mol. The van der Waals surface area contributed by atoms with Crippen molar-refractivity contribution < 1.29 is 9.53 Å². The molecule has 0 aromatic heterocycles. The molecular weight excluding hydrogens is 378 g/mol. The maximum absolute atomic E-state index is 12.4. The Kier molecular flexibility index (Phi) is 6.80. The van der Waals surface area contributed by atoms with Crippen molar-refractivity contribution >= 4 is 35.0 Å². The summed E-state index contributed by atoms with van der Waals surface area (Å²) in [5, 5.41) is 3.31. The van der Waals surface area contributed by atoms with Gasteiger partial charge in [-0.05, 0) is 41.5 Å². The summed E-state index contributed by atoms with van der Waals surface area (Å²) in [5.74, 6) is 2.29. The van der Waals surface area contributed by atoms with Crippen LogP contribution in [0.2, 0.25) is 5.02 Å². The molecule has 0 saturated carbocycles. The van der Waals surface area contributed by atoms with E-state index >= 15 is 0 Å². The first kappa shape index (κ1) is 19.3. The molecule has 1 amide bonds. The Morgan fingerprint density at radius 1 is 0.963 bits per heavy atom. The van der Waals surface area contributed by atoms with Crippen molar-refractivity contribution in [2.24, 2.45) is 0 Å². The Balaban J connectivity index is 1.54. The lowest BCUT2D eigenvalue weighted by atomic mass is 10.1. The van der Waals surface area contributed by atoms with Gasteiger partial charge in [0.2, 0.25) is 0 Å². The molecule has 1 N–H and O–H groups in total. The molecule has 3 aromatic rings. The van der Waals surface area contributed by atoms with Gasteiger partial charge in [-0.2, -0.15) is 11.8 Å². The van der Waals surface area contributed by atoms with Crippen LogP contribution in [0, 0.1) is 0 Å². The molecule has 0 aliphatic carbocycles. The van der Waals surface area contributed by atoms with Gasteiger partial charge in [0.05, 0.1) is 12.1 Å². The van der Waals surface area contributed by atoms with Gasteiger partial charge in [-0.3, -0.25) is 4.79 Å². The predicted molar refractivity (Wildman–Crippen MR) is 114 cm³/mol. The van der Waals surface area contributed by atoms with Crippen LogP contribution >= 0.6 is 23.4 Å². The highest BCUT2D eigenvalue weighted by molar-refractivity contribution is 7.97. The summed E-state index contributed by atoms with van der Waals surface area (Å²) < 4.78 is 5.12. The van der Waals surface area contributed by atoms with Crippen molar-refractivity contribution in [3.63, 3.8) is 0 Å². The van der Waals surface area contributed by atoms with E-state index in [1.807, 2.05) is 42.1 Å². The number of carbonyl (C=O) groups is 1. The summed E-state index contributed by atoms with van der Waals surface area (Å²) >= 11 is 7.95. The number of nitrogens with one attached hydrogen (secondary N) is 1. The molecule has 0 radical (unpaired) electrons. The third-order valence-corrected chi connectivity index (χ3v) is 5.38. The minimum Gasteiger partial charge on any atom is -0.495 e. The fraction of sp³-hybridized carbons (Fsp3) is 0.136. The number of halogens is 1. The van der Waals surface area contributed by atoms with Crippen LogP contribution in [-0.4, -0.2) is 13.0 Å². The van der Waals surface area contributed by atoms with Crippen LogP contribution in [0.25, 0.3) is 0 Å². The lowest BCUT2D eigenvalue weighted by molar-refractivity contribution is 0.102. The zero-order valence-electron chi connectivity index (χ0n) is 14.9. The fourth-order valence-electron chi connectivity index (χ4n) is 2.56. The molecule has 3 rings (SSSR count). The van der Waals surface area contributed by atoms with Gasteiger partial charge in [-0.1, -0.05) is 54.1 Å². The second-order valence-electron chi connectivity index (χ2n) is 5.98. The maximum Gasteiger partial charge on any atom is 0.255 e. The molecule has 0 spiro atoms. The minimum absolute atomic E-state index is 0.167. The topological polar surface area (TPSA) is 38.3 Å². The first-order chi connectivity index (χ1) is 13.2. The summed E-state index contributed by atoms with van der Waals surface area (Å²) in [4.78, 5) is 12.4. The van der Waals surface area contributed by atoms with Gasteiger partial charge in [0.15, 0.2) is 0 Å². The summed E-state index contributed by atoms with van der Waals surface area (Å²) in [6.45, 7) is 0. The molecule has 5 heteroatoms. The van der Waals surface area contributed by atoms with Crippen molar-refractivity contribution in [3.05, 3.63) is 94.5 Å². The molecule has 0 saturated heterocycles. The highest BCUT2D eigenvalue weighted by atomic mass is 35.5. The monoisotopic (exact) mass is 397 g/mol. The van der Waals surface area contributed by atoms with Crippen molar-refractivity contribution in [3.8, 4) is 5.75 Å². The summed E-state index contributed by atoms with van der Waals surface area (Å²) in [6.07, 6.45) is 0. The number of anilines is 1. The molecule has 0 fully saturated rings. The van der Waals surface area contributed by atoms with Gasteiger partial charge in [-0.15, -0.1) is 0 Å². The molecule has 138 valence electrons. The molecule has 0 aliphatic heterocycles. The Bertz CT molecular complexity index is 898. The van der Waals surface area contributed by atoms with E-state index < -0.39 is 0 Å². The first-order valence-electron chi connectivity index (χ1n) is 8.51. The van der Waals surface area contributed by atoms with Gasteiger partial charge >= 0.3 is 0 Å². The predicted octanol–water partition coefficient (Wildman–Crippen LogP) is 6.03. The molecule has 0 bridgehead atoms. The normalized spacial score (nSPS) is 10.4. The zero-order chi connectivity index (χ0) is 19.1. The number of amides is 1. The SMILES string of the molecule is COc1ccc(NC(=O)c2ccc(CSCc3ccccc3)cc2)cc1Cl. The smallest absolute Gasteiger partial charge is 0.255 e. The number of benzene rings is 3. The first-order valence-corrected chi connectivity index (χ1v) is 10.0. The van der Waals surface area contributed by atoms with Crippen LogP contribution in [0.4, 0.5) is 5.69 Å². The van der Waals surface area contributed by atoms with E-state index in [0.29, 0.717) is 22.0 Å². The Morgan fingerprint density at radius 3 is 2.26 bits per heavy atom. The molecule has 0 atom stereocenters. The van der Waals surface area contributed by atoms with Gasteiger partial charge in [0.1, 0.15) is 5.75 Å². The largest absolute Gasteiger partial charge is 0.495 e. The number of hydrogen-bond acceptors (Lipinski definition) is 3.